The van der Waals surface area contributed by atoms with Crippen molar-refractivity contribution in [2.75, 3.05) is 33.2 Å². The van der Waals surface area contributed by atoms with Crippen LogP contribution in [-0.4, -0.2) is 61.6 Å². The lowest BCUT2D eigenvalue weighted by Gasteiger charge is -2.31. The molecule has 1 fully saturated rings. The third kappa shape index (κ3) is 4.93. The van der Waals surface area contributed by atoms with Crippen LogP contribution in [0.5, 0.6) is 0 Å². The average molecular weight is 450 g/mol. The van der Waals surface area contributed by atoms with Crippen LogP contribution in [0.2, 0.25) is 5.02 Å². The van der Waals surface area contributed by atoms with E-state index in [0.29, 0.717) is 31.7 Å². The third-order valence-corrected chi connectivity index (χ3v) is 6.98. The van der Waals surface area contributed by atoms with E-state index >= 15 is 0 Å². The van der Waals surface area contributed by atoms with E-state index in [2.05, 4.69) is 4.90 Å². The first kappa shape index (κ1) is 22.1. The maximum absolute atomic E-state index is 12.7. The zero-order chi connectivity index (χ0) is 21.9. The molecule has 0 aromatic heterocycles. The summed E-state index contributed by atoms with van der Waals surface area (Å²) in [5.74, 6) is -0.549. The van der Waals surface area contributed by atoms with Crippen LogP contribution in [0.3, 0.4) is 0 Å². The predicted molar refractivity (Wildman–Crippen MR) is 114 cm³/mol. The Morgan fingerprint density at radius 2 is 1.73 bits per heavy atom. The molecule has 0 bridgehead atoms. The monoisotopic (exact) mass is 449 g/mol. The molecule has 0 spiro atoms. The normalized spacial score (nSPS) is 16.1. The SMILES string of the molecule is CN1CCN(S(=O)(=O)c2ccc(/C=C/C(=O)c3ccc(Cl)cc3[N+](=O)[O-])cc2)CC1. The Kier molecular flexibility index (Phi) is 6.67. The number of nitro benzene ring substituents is 1. The lowest BCUT2D eigenvalue weighted by molar-refractivity contribution is -0.385. The summed E-state index contributed by atoms with van der Waals surface area (Å²) < 4.78 is 27.0. The quantitative estimate of drug-likeness (QED) is 0.291. The molecule has 8 nitrogen and oxygen atoms in total. The fourth-order valence-corrected chi connectivity index (χ4v) is 4.64. The number of piperazine rings is 1. The van der Waals surface area contributed by atoms with Gasteiger partial charge in [-0.05, 0) is 43.0 Å². The van der Waals surface area contributed by atoms with Gasteiger partial charge in [0.15, 0.2) is 5.78 Å². The molecular formula is C20H20ClN3O5S. The highest BCUT2D eigenvalue weighted by Crippen LogP contribution is 2.24. The van der Waals surface area contributed by atoms with Crippen molar-refractivity contribution in [2.24, 2.45) is 0 Å². The van der Waals surface area contributed by atoms with Gasteiger partial charge in [0.1, 0.15) is 0 Å². The standard InChI is InChI=1S/C20H20ClN3O5S/c1-22-10-12-23(13-11-22)30(28,29)17-6-2-15(3-7-17)4-9-20(25)18-8-5-16(21)14-19(18)24(26)27/h2-9,14H,10-13H2,1H3/b9-4+. The van der Waals surface area contributed by atoms with Crippen LogP contribution >= 0.6 is 11.6 Å². The summed E-state index contributed by atoms with van der Waals surface area (Å²) in [7, 11) is -1.62. The van der Waals surface area contributed by atoms with E-state index in [1.807, 2.05) is 7.05 Å². The number of carbonyl (C=O) groups is 1. The smallest absolute Gasteiger partial charge is 0.282 e. The zero-order valence-corrected chi connectivity index (χ0v) is 17.8. The Balaban J connectivity index is 1.75. The van der Waals surface area contributed by atoms with Crippen molar-refractivity contribution in [1.82, 2.24) is 9.21 Å². The second kappa shape index (κ2) is 9.05. The predicted octanol–water partition coefficient (Wildman–Crippen LogP) is 3.08. The Morgan fingerprint density at radius 3 is 2.33 bits per heavy atom. The number of allylic oxidation sites excluding steroid dienone is 1. The number of sulfonamides is 1. The Hall–Kier alpha value is -2.59. The number of hydrogen-bond donors (Lipinski definition) is 0. The van der Waals surface area contributed by atoms with E-state index in [-0.39, 0.29) is 21.2 Å². The number of carbonyl (C=O) groups excluding carboxylic acids is 1. The molecule has 30 heavy (non-hydrogen) atoms. The van der Waals surface area contributed by atoms with Crippen molar-refractivity contribution in [3.05, 3.63) is 74.8 Å². The maximum atomic E-state index is 12.7. The first-order valence-corrected chi connectivity index (χ1v) is 11.0. The van der Waals surface area contributed by atoms with Crippen molar-refractivity contribution in [1.29, 1.82) is 0 Å². The van der Waals surface area contributed by atoms with Gasteiger partial charge in [-0.1, -0.05) is 29.8 Å². The zero-order valence-electron chi connectivity index (χ0n) is 16.2. The average Bonchev–Trinajstić information content (AvgIpc) is 2.72. The number of ketones is 1. The van der Waals surface area contributed by atoms with Crippen molar-refractivity contribution in [2.45, 2.75) is 4.90 Å². The lowest BCUT2D eigenvalue weighted by atomic mass is 10.1. The summed E-state index contributed by atoms with van der Waals surface area (Å²) in [6.07, 6.45) is 2.69. The minimum atomic E-state index is -3.57. The van der Waals surface area contributed by atoms with E-state index in [0.717, 1.165) is 6.07 Å². The second-order valence-corrected chi connectivity index (χ2v) is 9.27. The summed E-state index contributed by atoms with van der Waals surface area (Å²) in [6, 6.07) is 9.99. The van der Waals surface area contributed by atoms with Crippen LogP contribution in [0.4, 0.5) is 5.69 Å². The topological polar surface area (TPSA) is 101 Å². The van der Waals surface area contributed by atoms with Gasteiger partial charge < -0.3 is 4.90 Å². The molecular weight excluding hydrogens is 430 g/mol. The van der Waals surface area contributed by atoms with Crippen LogP contribution in [0, 0.1) is 10.1 Å². The van der Waals surface area contributed by atoms with Crippen LogP contribution in [0.15, 0.2) is 53.4 Å². The van der Waals surface area contributed by atoms with Crippen molar-refractivity contribution < 1.29 is 18.1 Å². The summed E-state index contributed by atoms with van der Waals surface area (Å²) in [5, 5.41) is 11.3. The van der Waals surface area contributed by atoms with Gasteiger partial charge in [-0.25, -0.2) is 8.42 Å². The van der Waals surface area contributed by atoms with Gasteiger partial charge >= 0.3 is 0 Å². The number of rotatable bonds is 6. The highest BCUT2D eigenvalue weighted by Gasteiger charge is 2.27. The van der Waals surface area contributed by atoms with Gasteiger partial charge in [-0.2, -0.15) is 4.31 Å². The van der Waals surface area contributed by atoms with E-state index in [9.17, 15) is 23.3 Å². The van der Waals surface area contributed by atoms with Gasteiger partial charge in [-0.15, -0.1) is 0 Å². The molecule has 1 heterocycles. The molecule has 1 aliphatic rings. The number of likely N-dealkylation sites (N-methyl/N-ethyl adjacent to an activating group) is 1. The molecule has 0 saturated carbocycles. The highest BCUT2D eigenvalue weighted by atomic mass is 35.5. The van der Waals surface area contributed by atoms with Crippen LogP contribution in [0.1, 0.15) is 15.9 Å². The Labute approximate surface area is 179 Å². The molecule has 0 unspecified atom stereocenters. The van der Waals surface area contributed by atoms with Crippen molar-refractivity contribution in [3.63, 3.8) is 0 Å². The number of nitrogens with zero attached hydrogens (tertiary/aromatic N) is 3. The lowest BCUT2D eigenvalue weighted by Crippen LogP contribution is -2.46. The minimum Gasteiger partial charge on any atom is -0.304 e. The molecule has 1 aliphatic heterocycles. The van der Waals surface area contributed by atoms with Gasteiger partial charge in [0.2, 0.25) is 10.0 Å². The van der Waals surface area contributed by atoms with Gasteiger partial charge in [-0.3, -0.25) is 14.9 Å². The molecule has 3 rings (SSSR count). The molecule has 10 heteroatoms. The molecule has 1 saturated heterocycles. The fourth-order valence-electron chi connectivity index (χ4n) is 3.05. The third-order valence-electron chi connectivity index (χ3n) is 4.83. The van der Waals surface area contributed by atoms with E-state index in [4.69, 9.17) is 11.6 Å². The van der Waals surface area contributed by atoms with Crippen LogP contribution < -0.4 is 0 Å². The molecule has 0 aliphatic carbocycles. The van der Waals surface area contributed by atoms with Gasteiger partial charge in [0.05, 0.1) is 15.4 Å². The fraction of sp³-hybridized carbons (Fsp3) is 0.250. The Morgan fingerprint density at radius 1 is 1.10 bits per heavy atom. The summed E-state index contributed by atoms with van der Waals surface area (Å²) in [5.41, 5.74) is 0.151. The Bertz CT molecular complexity index is 1090. The highest BCUT2D eigenvalue weighted by molar-refractivity contribution is 7.89. The molecule has 0 N–H and O–H groups in total. The van der Waals surface area contributed by atoms with E-state index in [1.54, 1.807) is 12.1 Å². The number of halogens is 1. The van der Waals surface area contributed by atoms with Crippen LogP contribution in [0.25, 0.3) is 6.08 Å². The number of nitro groups is 1. The molecule has 2 aromatic rings. The molecule has 2 aromatic carbocycles. The maximum Gasteiger partial charge on any atom is 0.282 e. The van der Waals surface area contributed by atoms with E-state index < -0.39 is 20.7 Å². The number of benzene rings is 2. The summed E-state index contributed by atoms with van der Waals surface area (Å²) in [4.78, 5) is 25.1. The van der Waals surface area contributed by atoms with Crippen LogP contribution in [-0.2, 0) is 10.0 Å². The first-order chi connectivity index (χ1) is 14.2. The largest absolute Gasteiger partial charge is 0.304 e. The first-order valence-electron chi connectivity index (χ1n) is 9.13. The molecule has 158 valence electrons. The van der Waals surface area contributed by atoms with Gasteiger partial charge in [0.25, 0.3) is 5.69 Å². The van der Waals surface area contributed by atoms with Crippen molar-refractivity contribution >= 4 is 39.2 Å². The van der Waals surface area contributed by atoms with Gasteiger partial charge in [0, 0.05) is 37.3 Å². The minimum absolute atomic E-state index is 0.0742. The van der Waals surface area contributed by atoms with Crippen molar-refractivity contribution in [3.8, 4) is 0 Å². The second-order valence-electron chi connectivity index (χ2n) is 6.89. The summed E-state index contributed by atoms with van der Waals surface area (Å²) >= 11 is 5.76. The molecule has 0 radical (unpaired) electrons. The molecule has 0 amide bonds. The summed E-state index contributed by atoms with van der Waals surface area (Å²) in [6.45, 7) is 2.24. The number of hydrogen-bond acceptors (Lipinski definition) is 6. The van der Waals surface area contributed by atoms with E-state index in [1.165, 1.54) is 40.7 Å². The molecule has 0 atom stereocenters.